The SMILES string of the molecule is CN1C[C@@]2(CCCN(C(=O)c3ccc(Cn4cnnn4)cc3)C2)OC1=O. The summed E-state index contributed by atoms with van der Waals surface area (Å²) in [7, 11) is 1.72. The van der Waals surface area contributed by atoms with Crippen LogP contribution >= 0.6 is 0 Å². The van der Waals surface area contributed by atoms with Crippen molar-refractivity contribution < 1.29 is 14.3 Å². The number of rotatable bonds is 3. The third-order valence-corrected chi connectivity index (χ3v) is 4.90. The summed E-state index contributed by atoms with van der Waals surface area (Å²) >= 11 is 0. The average Bonchev–Trinajstić information content (AvgIpc) is 3.23. The third-order valence-electron chi connectivity index (χ3n) is 4.90. The van der Waals surface area contributed by atoms with Gasteiger partial charge in [-0.3, -0.25) is 4.79 Å². The Labute approximate surface area is 150 Å². The molecule has 1 atom stereocenters. The van der Waals surface area contributed by atoms with E-state index >= 15 is 0 Å². The van der Waals surface area contributed by atoms with E-state index in [-0.39, 0.29) is 12.0 Å². The number of aromatic nitrogens is 4. The minimum atomic E-state index is -0.570. The number of hydrogen-bond acceptors (Lipinski definition) is 6. The van der Waals surface area contributed by atoms with Crippen molar-refractivity contribution in [3.63, 3.8) is 0 Å². The summed E-state index contributed by atoms with van der Waals surface area (Å²) in [5.74, 6) is -0.0383. The summed E-state index contributed by atoms with van der Waals surface area (Å²) in [6.45, 7) is 2.19. The Morgan fingerprint density at radius 2 is 2.08 bits per heavy atom. The number of carbonyl (C=O) groups excluding carboxylic acids is 2. The van der Waals surface area contributed by atoms with Gasteiger partial charge in [-0.05, 0) is 41.0 Å². The molecule has 4 rings (SSSR count). The second kappa shape index (κ2) is 6.40. The number of hydrogen-bond donors (Lipinski definition) is 0. The van der Waals surface area contributed by atoms with Gasteiger partial charge in [-0.15, -0.1) is 5.10 Å². The van der Waals surface area contributed by atoms with Crippen LogP contribution in [0.4, 0.5) is 4.79 Å². The smallest absolute Gasteiger partial charge is 0.410 e. The molecule has 2 saturated heterocycles. The summed E-state index contributed by atoms with van der Waals surface area (Å²) in [6, 6.07) is 7.43. The minimum absolute atomic E-state index is 0.0383. The molecule has 3 heterocycles. The highest BCUT2D eigenvalue weighted by molar-refractivity contribution is 5.94. The molecule has 1 aromatic heterocycles. The molecule has 1 aromatic carbocycles. The summed E-state index contributed by atoms with van der Waals surface area (Å²) in [4.78, 5) is 28.0. The molecule has 2 fully saturated rings. The molecule has 1 spiro atoms. The number of tetrazole rings is 1. The summed E-state index contributed by atoms with van der Waals surface area (Å²) in [5, 5.41) is 11.0. The molecule has 0 saturated carbocycles. The van der Waals surface area contributed by atoms with Crippen molar-refractivity contribution in [2.45, 2.75) is 25.0 Å². The maximum atomic E-state index is 12.9. The quantitative estimate of drug-likeness (QED) is 0.807. The monoisotopic (exact) mass is 356 g/mol. The molecule has 136 valence electrons. The third kappa shape index (κ3) is 3.12. The molecular formula is C17H20N6O3. The molecule has 0 unspecified atom stereocenters. The standard InChI is InChI=1S/C17H20N6O3/c1-21-10-17(26-16(21)25)7-2-8-22(11-17)15(24)14-5-3-13(4-6-14)9-23-12-18-19-20-23/h3-6,12H,2,7-11H2,1H3/t17-/m1/s1. The largest absolute Gasteiger partial charge is 0.439 e. The van der Waals surface area contributed by atoms with Gasteiger partial charge in [0.25, 0.3) is 5.91 Å². The van der Waals surface area contributed by atoms with E-state index in [0.717, 1.165) is 18.4 Å². The van der Waals surface area contributed by atoms with Gasteiger partial charge in [-0.2, -0.15) is 0 Å². The van der Waals surface area contributed by atoms with Crippen molar-refractivity contribution in [2.24, 2.45) is 0 Å². The van der Waals surface area contributed by atoms with E-state index in [1.807, 2.05) is 24.3 Å². The average molecular weight is 356 g/mol. The molecule has 26 heavy (non-hydrogen) atoms. The fourth-order valence-corrected chi connectivity index (χ4v) is 3.65. The molecule has 2 aliphatic heterocycles. The van der Waals surface area contributed by atoms with Crippen molar-refractivity contribution in [3.8, 4) is 0 Å². The van der Waals surface area contributed by atoms with Gasteiger partial charge < -0.3 is 14.5 Å². The molecule has 2 aliphatic rings. The number of likely N-dealkylation sites (tertiary alicyclic amines) is 1. The van der Waals surface area contributed by atoms with E-state index in [2.05, 4.69) is 15.5 Å². The van der Waals surface area contributed by atoms with E-state index in [9.17, 15) is 9.59 Å². The Bertz CT molecular complexity index is 806. The number of amides is 2. The van der Waals surface area contributed by atoms with E-state index in [4.69, 9.17) is 4.74 Å². The zero-order valence-corrected chi connectivity index (χ0v) is 14.5. The topological polar surface area (TPSA) is 93.5 Å². The van der Waals surface area contributed by atoms with Crippen LogP contribution in [0.1, 0.15) is 28.8 Å². The molecule has 9 nitrogen and oxygen atoms in total. The Morgan fingerprint density at radius 1 is 1.27 bits per heavy atom. The van der Waals surface area contributed by atoms with Crippen LogP contribution < -0.4 is 0 Å². The number of likely N-dealkylation sites (N-methyl/N-ethyl adjacent to an activating group) is 1. The molecule has 9 heteroatoms. The molecule has 0 bridgehead atoms. The lowest BCUT2D eigenvalue weighted by Gasteiger charge is -2.38. The van der Waals surface area contributed by atoms with Gasteiger partial charge in [0.2, 0.25) is 0 Å². The van der Waals surface area contributed by atoms with Crippen LogP contribution in [0.25, 0.3) is 0 Å². The fourth-order valence-electron chi connectivity index (χ4n) is 3.65. The van der Waals surface area contributed by atoms with Gasteiger partial charge in [0.05, 0.1) is 19.6 Å². The van der Waals surface area contributed by atoms with Gasteiger partial charge >= 0.3 is 6.09 Å². The van der Waals surface area contributed by atoms with Gasteiger partial charge in [0.15, 0.2) is 0 Å². The molecule has 0 aliphatic carbocycles. The first-order valence-corrected chi connectivity index (χ1v) is 8.58. The number of carbonyl (C=O) groups is 2. The van der Waals surface area contributed by atoms with Crippen LogP contribution in [0.2, 0.25) is 0 Å². The second-order valence-corrected chi connectivity index (χ2v) is 6.94. The van der Waals surface area contributed by atoms with Crippen LogP contribution in [0.5, 0.6) is 0 Å². The predicted octanol–water partition coefficient (Wildman–Crippen LogP) is 0.778. The molecule has 2 amide bonds. The summed E-state index contributed by atoms with van der Waals surface area (Å²) < 4.78 is 7.19. The predicted molar refractivity (Wildman–Crippen MR) is 90.3 cm³/mol. The molecular weight excluding hydrogens is 336 g/mol. The van der Waals surface area contributed by atoms with Gasteiger partial charge in [0.1, 0.15) is 11.9 Å². The number of ether oxygens (including phenoxy) is 1. The molecule has 2 aromatic rings. The van der Waals surface area contributed by atoms with Gasteiger partial charge in [0, 0.05) is 19.2 Å². The van der Waals surface area contributed by atoms with E-state index < -0.39 is 5.60 Å². The van der Waals surface area contributed by atoms with Crippen molar-refractivity contribution in [2.75, 3.05) is 26.7 Å². The van der Waals surface area contributed by atoms with E-state index in [1.54, 1.807) is 27.9 Å². The highest BCUT2D eigenvalue weighted by atomic mass is 16.6. The maximum absolute atomic E-state index is 12.9. The number of nitrogens with zero attached hydrogens (tertiary/aromatic N) is 6. The van der Waals surface area contributed by atoms with E-state index in [0.29, 0.717) is 31.7 Å². The van der Waals surface area contributed by atoms with Crippen molar-refractivity contribution in [1.82, 2.24) is 30.0 Å². The fraction of sp³-hybridized carbons (Fsp3) is 0.471. The first kappa shape index (κ1) is 16.5. The number of benzene rings is 1. The highest BCUT2D eigenvalue weighted by Gasteiger charge is 2.47. The lowest BCUT2D eigenvalue weighted by Crippen LogP contribution is -2.52. The Kier molecular flexibility index (Phi) is 4.06. The normalized spacial score (nSPS) is 22.7. The molecule has 0 radical (unpaired) electrons. The van der Waals surface area contributed by atoms with Crippen LogP contribution in [-0.2, 0) is 11.3 Å². The Morgan fingerprint density at radius 3 is 2.73 bits per heavy atom. The van der Waals surface area contributed by atoms with Crippen LogP contribution in [0.15, 0.2) is 30.6 Å². The van der Waals surface area contributed by atoms with Crippen molar-refractivity contribution >= 4 is 12.0 Å². The molecule has 0 N–H and O–H groups in total. The lowest BCUT2D eigenvalue weighted by molar-refractivity contribution is -0.00521. The van der Waals surface area contributed by atoms with E-state index in [1.165, 1.54) is 0 Å². The van der Waals surface area contributed by atoms with Gasteiger partial charge in [-0.25, -0.2) is 9.48 Å². The summed E-state index contributed by atoms with van der Waals surface area (Å²) in [6.07, 6.45) is 2.85. The highest BCUT2D eigenvalue weighted by Crippen LogP contribution is 2.32. The van der Waals surface area contributed by atoms with Crippen LogP contribution in [0.3, 0.4) is 0 Å². The first-order valence-electron chi connectivity index (χ1n) is 8.58. The first-order chi connectivity index (χ1) is 12.5. The Hall–Kier alpha value is -2.97. The van der Waals surface area contributed by atoms with Gasteiger partial charge in [-0.1, -0.05) is 12.1 Å². The second-order valence-electron chi connectivity index (χ2n) is 6.94. The summed E-state index contributed by atoms with van der Waals surface area (Å²) in [5.41, 5.74) is 1.07. The zero-order chi connectivity index (χ0) is 18.1. The number of piperidine rings is 1. The zero-order valence-electron chi connectivity index (χ0n) is 14.5. The Balaban J connectivity index is 1.44. The van der Waals surface area contributed by atoms with Crippen molar-refractivity contribution in [3.05, 3.63) is 41.7 Å². The maximum Gasteiger partial charge on any atom is 0.410 e. The minimum Gasteiger partial charge on any atom is -0.439 e. The van der Waals surface area contributed by atoms with Crippen LogP contribution in [-0.4, -0.2) is 74.3 Å². The van der Waals surface area contributed by atoms with Crippen molar-refractivity contribution in [1.29, 1.82) is 0 Å². The van der Waals surface area contributed by atoms with Crippen LogP contribution in [0, 0.1) is 0 Å². The lowest BCUT2D eigenvalue weighted by atomic mass is 9.92.